The fourth-order valence-corrected chi connectivity index (χ4v) is 1.47. The lowest BCUT2D eigenvalue weighted by Crippen LogP contribution is -2.25. The average molecular weight is 253 g/mol. The molecule has 18 heavy (non-hydrogen) atoms. The van der Waals surface area contributed by atoms with E-state index in [0.717, 1.165) is 23.5 Å². The number of methoxy groups -OCH3 is 2. The minimum absolute atomic E-state index is 0.179. The number of nitrogens with two attached hydrogens (primary N) is 1. The van der Waals surface area contributed by atoms with Crippen LogP contribution in [0.15, 0.2) is 18.2 Å². The van der Waals surface area contributed by atoms with Gasteiger partial charge in [0.05, 0.1) is 19.3 Å². The van der Waals surface area contributed by atoms with Gasteiger partial charge in [-0.25, -0.2) is 0 Å². The molecule has 1 aromatic carbocycles. The van der Waals surface area contributed by atoms with E-state index in [2.05, 4.69) is 0 Å². The highest BCUT2D eigenvalue weighted by Crippen LogP contribution is 2.25. The Balaban J connectivity index is 2.65. The van der Waals surface area contributed by atoms with Gasteiger partial charge in [0.25, 0.3) is 0 Å². The molecule has 0 heterocycles. The lowest BCUT2D eigenvalue weighted by Gasteiger charge is -2.23. The standard InChI is InChI=1S/C14H23NO3/c1-14(2,17-4)7-8-18-13-9-12(16-3)6-5-11(13)10-15/h5-6,9H,7-8,10,15H2,1-4H3. The highest BCUT2D eigenvalue weighted by atomic mass is 16.5. The average Bonchev–Trinajstić information content (AvgIpc) is 2.38. The van der Waals surface area contributed by atoms with Gasteiger partial charge < -0.3 is 19.9 Å². The van der Waals surface area contributed by atoms with Crippen LogP contribution in [-0.2, 0) is 11.3 Å². The second-order valence-electron chi connectivity index (χ2n) is 4.74. The summed E-state index contributed by atoms with van der Waals surface area (Å²) in [4.78, 5) is 0. The summed E-state index contributed by atoms with van der Waals surface area (Å²) in [5.41, 5.74) is 6.48. The van der Waals surface area contributed by atoms with Gasteiger partial charge in [0.1, 0.15) is 11.5 Å². The Bertz CT molecular complexity index is 377. The molecule has 1 aromatic rings. The Morgan fingerprint density at radius 1 is 1.22 bits per heavy atom. The molecule has 0 fully saturated rings. The molecule has 0 radical (unpaired) electrons. The molecule has 0 aromatic heterocycles. The molecule has 0 unspecified atom stereocenters. The first-order valence-electron chi connectivity index (χ1n) is 6.07. The molecule has 4 nitrogen and oxygen atoms in total. The van der Waals surface area contributed by atoms with Gasteiger partial charge in [0.2, 0.25) is 0 Å². The zero-order chi connectivity index (χ0) is 13.6. The van der Waals surface area contributed by atoms with Crippen LogP contribution in [0.4, 0.5) is 0 Å². The molecule has 0 aliphatic heterocycles. The summed E-state index contributed by atoms with van der Waals surface area (Å²) in [5.74, 6) is 1.55. The first-order chi connectivity index (χ1) is 8.52. The maximum Gasteiger partial charge on any atom is 0.127 e. The van der Waals surface area contributed by atoms with E-state index in [1.807, 2.05) is 32.0 Å². The fourth-order valence-electron chi connectivity index (χ4n) is 1.47. The molecular weight excluding hydrogens is 230 g/mol. The van der Waals surface area contributed by atoms with E-state index in [9.17, 15) is 0 Å². The summed E-state index contributed by atoms with van der Waals surface area (Å²) < 4.78 is 16.3. The van der Waals surface area contributed by atoms with E-state index >= 15 is 0 Å². The Morgan fingerprint density at radius 2 is 1.94 bits per heavy atom. The van der Waals surface area contributed by atoms with Crippen molar-refractivity contribution in [1.82, 2.24) is 0 Å². The fraction of sp³-hybridized carbons (Fsp3) is 0.571. The minimum atomic E-state index is -0.179. The van der Waals surface area contributed by atoms with Gasteiger partial charge in [-0.05, 0) is 19.9 Å². The molecule has 1 rings (SSSR count). The summed E-state index contributed by atoms with van der Waals surface area (Å²) in [6, 6.07) is 5.67. The maximum atomic E-state index is 5.77. The van der Waals surface area contributed by atoms with E-state index < -0.39 is 0 Å². The van der Waals surface area contributed by atoms with Crippen molar-refractivity contribution in [2.75, 3.05) is 20.8 Å². The summed E-state index contributed by atoms with van der Waals surface area (Å²) in [7, 11) is 3.34. The van der Waals surface area contributed by atoms with Crippen LogP contribution in [-0.4, -0.2) is 26.4 Å². The smallest absolute Gasteiger partial charge is 0.127 e. The van der Waals surface area contributed by atoms with Crippen LogP contribution in [0.25, 0.3) is 0 Å². The van der Waals surface area contributed by atoms with Crippen molar-refractivity contribution in [1.29, 1.82) is 0 Å². The molecule has 0 spiro atoms. The second-order valence-corrected chi connectivity index (χ2v) is 4.74. The van der Waals surface area contributed by atoms with Crippen LogP contribution in [0.3, 0.4) is 0 Å². The number of hydrogen-bond donors (Lipinski definition) is 1. The van der Waals surface area contributed by atoms with Crippen molar-refractivity contribution in [3.63, 3.8) is 0 Å². The van der Waals surface area contributed by atoms with Gasteiger partial charge in [-0.3, -0.25) is 0 Å². The molecule has 0 saturated carbocycles. The molecule has 2 N–H and O–H groups in total. The third-order valence-corrected chi connectivity index (χ3v) is 3.01. The van der Waals surface area contributed by atoms with Crippen LogP contribution >= 0.6 is 0 Å². The SMILES string of the molecule is COc1ccc(CN)c(OCCC(C)(C)OC)c1. The molecular formula is C14H23NO3. The van der Waals surface area contributed by atoms with Crippen LogP contribution < -0.4 is 15.2 Å². The van der Waals surface area contributed by atoms with Gasteiger partial charge in [-0.1, -0.05) is 6.07 Å². The van der Waals surface area contributed by atoms with Gasteiger partial charge in [-0.2, -0.15) is 0 Å². The molecule has 4 heteroatoms. The first-order valence-corrected chi connectivity index (χ1v) is 6.07. The van der Waals surface area contributed by atoms with Crippen molar-refractivity contribution in [3.8, 4) is 11.5 Å². The highest BCUT2D eigenvalue weighted by molar-refractivity contribution is 5.40. The Morgan fingerprint density at radius 3 is 2.50 bits per heavy atom. The van der Waals surface area contributed by atoms with Crippen LogP contribution in [0.5, 0.6) is 11.5 Å². The van der Waals surface area contributed by atoms with E-state index in [1.165, 1.54) is 0 Å². The maximum absolute atomic E-state index is 5.77. The van der Waals surface area contributed by atoms with Crippen molar-refractivity contribution >= 4 is 0 Å². The number of hydrogen-bond acceptors (Lipinski definition) is 4. The second kappa shape index (κ2) is 6.61. The lowest BCUT2D eigenvalue weighted by atomic mass is 10.1. The monoisotopic (exact) mass is 253 g/mol. The van der Waals surface area contributed by atoms with Crippen LogP contribution in [0.1, 0.15) is 25.8 Å². The molecule has 102 valence electrons. The van der Waals surface area contributed by atoms with E-state index in [-0.39, 0.29) is 5.60 Å². The van der Waals surface area contributed by atoms with Gasteiger partial charge in [-0.15, -0.1) is 0 Å². The summed E-state index contributed by atoms with van der Waals surface area (Å²) in [6.45, 7) is 5.10. The van der Waals surface area contributed by atoms with E-state index in [0.29, 0.717) is 13.2 Å². The number of rotatable bonds is 7. The molecule has 0 aliphatic carbocycles. The summed E-state index contributed by atoms with van der Waals surface area (Å²) >= 11 is 0. The minimum Gasteiger partial charge on any atom is -0.497 e. The predicted molar refractivity (Wildman–Crippen MR) is 72.1 cm³/mol. The molecule has 0 saturated heterocycles. The van der Waals surface area contributed by atoms with Gasteiger partial charge in [0.15, 0.2) is 0 Å². The van der Waals surface area contributed by atoms with Crippen molar-refractivity contribution in [2.45, 2.75) is 32.4 Å². The van der Waals surface area contributed by atoms with Crippen molar-refractivity contribution in [2.24, 2.45) is 5.73 Å². The largest absolute Gasteiger partial charge is 0.497 e. The lowest BCUT2D eigenvalue weighted by molar-refractivity contribution is 0.00537. The molecule has 0 aliphatic rings. The molecule has 0 atom stereocenters. The van der Waals surface area contributed by atoms with Crippen molar-refractivity contribution < 1.29 is 14.2 Å². The van der Waals surface area contributed by atoms with Gasteiger partial charge >= 0.3 is 0 Å². The molecule has 0 bridgehead atoms. The predicted octanol–water partition coefficient (Wildman–Crippen LogP) is 2.35. The van der Waals surface area contributed by atoms with Gasteiger partial charge in [0, 0.05) is 31.7 Å². The van der Waals surface area contributed by atoms with E-state index in [4.69, 9.17) is 19.9 Å². The van der Waals surface area contributed by atoms with Crippen LogP contribution in [0.2, 0.25) is 0 Å². The first kappa shape index (κ1) is 14.8. The topological polar surface area (TPSA) is 53.7 Å². The Hall–Kier alpha value is -1.26. The summed E-state index contributed by atoms with van der Waals surface area (Å²) in [5, 5.41) is 0. The zero-order valence-corrected chi connectivity index (χ0v) is 11.7. The van der Waals surface area contributed by atoms with E-state index in [1.54, 1.807) is 14.2 Å². The quantitative estimate of drug-likeness (QED) is 0.810. The third kappa shape index (κ3) is 4.20. The third-order valence-electron chi connectivity index (χ3n) is 3.01. The number of benzene rings is 1. The number of ether oxygens (including phenoxy) is 3. The van der Waals surface area contributed by atoms with Crippen molar-refractivity contribution in [3.05, 3.63) is 23.8 Å². The zero-order valence-electron chi connectivity index (χ0n) is 11.7. The highest BCUT2D eigenvalue weighted by Gasteiger charge is 2.16. The summed E-state index contributed by atoms with van der Waals surface area (Å²) in [6.07, 6.45) is 0.810. The van der Waals surface area contributed by atoms with Crippen LogP contribution in [0, 0.1) is 0 Å². The molecule has 0 amide bonds. The Kier molecular flexibility index (Phi) is 5.44. The normalized spacial score (nSPS) is 11.4. The Labute approximate surface area is 109 Å².